The molecule has 4 aliphatic carbocycles. The lowest BCUT2D eigenvalue weighted by Crippen LogP contribution is -2.60. The average molecular weight is 759 g/mol. The van der Waals surface area contributed by atoms with E-state index in [9.17, 15) is 20.1 Å². The molecular formula is C47H82O7. The van der Waals surface area contributed by atoms with Crippen molar-refractivity contribution in [1.29, 1.82) is 0 Å². The second kappa shape index (κ2) is 20.6. The predicted octanol–water partition coefficient (Wildman–Crippen LogP) is 10.5. The maximum atomic E-state index is 12.5. The van der Waals surface area contributed by atoms with E-state index in [1.54, 1.807) is 0 Å². The van der Waals surface area contributed by atoms with E-state index in [-0.39, 0.29) is 24.1 Å². The summed E-state index contributed by atoms with van der Waals surface area (Å²) in [6.07, 6.45) is 23.4. The van der Waals surface area contributed by atoms with E-state index in [1.165, 1.54) is 102 Å². The lowest BCUT2D eigenvalue weighted by molar-refractivity contribution is -0.313. The van der Waals surface area contributed by atoms with Gasteiger partial charge in [0, 0.05) is 6.42 Å². The van der Waals surface area contributed by atoms with Crippen LogP contribution in [-0.2, 0) is 19.0 Å². The molecule has 3 saturated carbocycles. The highest BCUT2D eigenvalue weighted by Crippen LogP contribution is 2.67. The Morgan fingerprint density at radius 2 is 1.50 bits per heavy atom. The molecule has 5 aliphatic rings. The Morgan fingerprint density at radius 3 is 2.19 bits per heavy atom. The molecule has 0 spiro atoms. The van der Waals surface area contributed by atoms with Gasteiger partial charge >= 0.3 is 5.97 Å². The zero-order valence-electron chi connectivity index (χ0n) is 35.5. The number of aliphatic hydroxyl groups excluding tert-OH is 3. The van der Waals surface area contributed by atoms with Crippen LogP contribution in [0.4, 0.5) is 0 Å². The van der Waals surface area contributed by atoms with Gasteiger partial charge in [-0.25, -0.2) is 0 Å². The Hall–Kier alpha value is -0.990. The van der Waals surface area contributed by atoms with E-state index in [1.807, 2.05) is 0 Å². The molecule has 0 bridgehead atoms. The van der Waals surface area contributed by atoms with Gasteiger partial charge in [0.2, 0.25) is 0 Å². The first kappa shape index (κ1) is 44.1. The molecule has 54 heavy (non-hydrogen) atoms. The van der Waals surface area contributed by atoms with E-state index < -0.39 is 30.7 Å². The fourth-order valence-electron chi connectivity index (χ4n) is 12.3. The Balaban J connectivity index is 1.06. The van der Waals surface area contributed by atoms with Crippen molar-refractivity contribution in [2.24, 2.45) is 46.3 Å². The summed E-state index contributed by atoms with van der Waals surface area (Å²) in [5.74, 6) is 4.45. The van der Waals surface area contributed by atoms with Gasteiger partial charge in [-0.05, 0) is 104 Å². The van der Waals surface area contributed by atoms with Gasteiger partial charge in [0.1, 0.15) is 31.0 Å². The lowest BCUT2D eigenvalue weighted by Gasteiger charge is -2.58. The first-order valence-corrected chi connectivity index (χ1v) is 23.1. The third-order valence-corrected chi connectivity index (χ3v) is 15.6. The molecule has 312 valence electrons. The SMILES string of the molecule is CCCCCCCCCCCCCC(=O)OC[C@H]1O[C@H](O[C@H]2CC[C@@]3(C)C(=CC[C@H]4[C@@H]5CC[C@H]([C@H](C)CCCC(C)C)[C@@]5(C)CC[C@@H]43)C2)[C@H](O)[C@H](O)[C@@H]1O. The number of hydrogen-bond acceptors (Lipinski definition) is 7. The van der Waals surface area contributed by atoms with E-state index in [4.69, 9.17) is 14.2 Å². The summed E-state index contributed by atoms with van der Waals surface area (Å²) in [5.41, 5.74) is 2.15. The number of carbonyl (C=O) groups excluding carboxylic acids is 1. The van der Waals surface area contributed by atoms with Gasteiger partial charge < -0.3 is 29.5 Å². The van der Waals surface area contributed by atoms with Crippen molar-refractivity contribution in [1.82, 2.24) is 0 Å². The van der Waals surface area contributed by atoms with Crippen LogP contribution in [0.2, 0.25) is 0 Å². The van der Waals surface area contributed by atoms with Crippen LogP contribution in [0.15, 0.2) is 11.6 Å². The van der Waals surface area contributed by atoms with Crippen molar-refractivity contribution >= 4 is 5.97 Å². The maximum Gasteiger partial charge on any atom is 0.305 e. The van der Waals surface area contributed by atoms with Crippen LogP contribution < -0.4 is 0 Å². The van der Waals surface area contributed by atoms with Crippen molar-refractivity contribution in [3.05, 3.63) is 11.6 Å². The summed E-state index contributed by atoms with van der Waals surface area (Å²) in [6.45, 7) is 14.5. The quantitative estimate of drug-likeness (QED) is 0.0608. The molecule has 7 nitrogen and oxygen atoms in total. The van der Waals surface area contributed by atoms with Crippen molar-refractivity contribution < 1.29 is 34.3 Å². The molecule has 1 aliphatic heterocycles. The molecule has 3 N–H and O–H groups in total. The Kier molecular flexibility index (Phi) is 16.8. The van der Waals surface area contributed by atoms with E-state index >= 15 is 0 Å². The van der Waals surface area contributed by atoms with Gasteiger partial charge in [0.15, 0.2) is 6.29 Å². The minimum absolute atomic E-state index is 0.136. The number of hydrogen-bond donors (Lipinski definition) is 3. The van der Waals surface area contributed by atoms with Gasteiger partial charge in [-0.2, -0.15) is 0 Å². The van der Waals surface area contributed by atoms with E-state index in [0.717, 1.165) is 74.5 Å². The largest absolute Gasteiger partial charge is 0.463 e. The van der Waals surface area contributed by atoms with Crippen molar-refractivity contribution in [2.75, 3.05) is 6.61 Å². The summed E-state index contributed by atoms with van der Waals surface area (Å²) in [6, 6.07) is 0. The number of fused-ring (bicyclic) bond motifs is 5. The maximum absolute atomic E-state index is 12.5. The van der Waals surface area contributed by atoms with Crippen molar-refractivity contribution in [3.8, 4) is 0 Å². The lowest BCUT2D eigenvalue weighted by atomic mass is 9.47. The van der Waals surface area contributed by atoms with E-state index in [2.05, 4.69) is 47.6 Å². The zero-order chi connectivity index (χ0) is 38.9. The summed E-state index contributed by atoms with van der Waals surface area (Å²) in [7, 11) is 0. The second-order valence-corrected chi connectivity index (χ2v) is 19.8. The summed E-state index contributed by atoms with van der Waals surface area (Å²) in [5, 5.41) is 32.4. The molecule has 0 aromatic heterocycles. The second-order valence-electron chi connectivity index (χ2n) is 19.8. The fraction of sp³-hybridized carbons (Fsp3) is 0.936. The zero-order valence-corrected chi connectivity index (χ0v) is 35.5. The highest BCUT2D eigenvalue weighted by atomic mass is 16.7. The Morgan fingerprint density at radius 1 is 0.815 bits per heavy atom. The number of allylic oxidation sites excluding steroid dienone is 1. The summed E-state index contributed by atoms with van der Waals surface area (Å²) in [4.78, 5) is 12.5. The van der Waals surface area contributed by atoms with Crippen LogP contribution in [0, 0.1) is 46.3 Å². The minimum atomic E-state index is -1.44. The first-order chi connectivity index (χ1) is 25.9. The third-order valence-electron chi connectivity index (χ3n) is 15.6. The molecule has 0 aromatic rings. The van der Waals surface area contributed by atoms with Crippen LogP contribution in [0.3, 0.4) is 0 Å². The number of aliphatic hydroxyl groups is 3. The van der Waals surface area contributed by atoms with Gasteiger partial charge in [0.05, 0.1) is 6.10 Å². The smallest absolute Gasteiger partial charge is 0.305 e. The van der Waals surface area contributed by atoms with E-state index in [0.29, 0.717) is 17.8 Å². The third kappa shape index (κ3) is 10.7. The molecule has 0 amide bonds. The number of ether oxygens (including phenoxy) is 3. The summed E-state index contributed by atoms with van der Waals surface area (Å²) >= 11 is 0. The number of rotatable bonds is 21. The fourth-order valence-corrected chi connectivity index (χ4v) is 12.3. The molecule has 5 rings (SSSR count). The topological polar surface area (TPSA) is 105 Å². The predicted molar refractivity (Wildman–Crippen MR) is 217 cm³/mol. The Bertz CT molecular complexity index is 1170. The normalized spacial score (nSPS) is 38.4. The molecule has 13 atom stereocenters. The van der Waals surface area contributed by atoms with Gasteiger partial charge in [-0.3, -0.25) is 4.79 Å². The number of esters is 1. The van der Waals surface area contributed by atoms with Crippen LogP contribution in [0.5, 0.6) is 0 Å². The molecule has 1 heterocycles. The molecule has 0 aromatic carbocycles. The molecule has 4 fully saturated rings. The van der Waals surface area contributed by atoms with Crippen LogP contribution >= 0.6 is 0 Å². The highest BCUT2D eigenvalue weighted by molar-refractivity contribution is 5.69. The number of carbonyl (C=O) groups is 1. The van der Waals surface area contributed by atoms with Crippen LogP contribution in [0.1, 0.15) is 189 Å². The van der Waals surface area contributed by atoms with Gasteiger partial charge in [-0.1, -0.05) is 137 Å². The molecular weight excluding hydrogens is 677 g/mol. The number of unbranched alkanes of at least 4 members (excludes halogenated alkanes) is 10. The summed E-state index contributed by atoms with van der Waals surface area (Å²) < 4.78 is 18.0. The molecule has 0 radical (unpaired) electrons. The highest BCUT2D eigenvalue weighted by Gasteiger charge is 2.59. The standard InChI is InChI=1S/C47H82O7/c1-7-8-9-10-11-12-13-14-15-16-17-21-41(48)52-31-40-42(49)43(50)44(51)45(54-40)53-35-26-28-46(5)34(30-35)22-23-36-38-25-24-37(33(4)20-18-19-32(2)3)47(38,6)29-27-39(36)46/h22,32-33,35-40,42-45,49-51H,7-21,23-31H2,1-6H3/t33-,35+,36+,37-,38+,39+,40-,42-,43-,44-,45+,46+,47-/m1/s1. The van der Waals surface area contributed by atoms with Crippen LogP contribution in [0.25, 0.3) is 0 Å². The van der Waals surface area contributed by atoms with Crippen molar-refractivity contribution in [2.45, 2.75) is 226 Å². The Labute approximate surface area is 330 Å². The van der Waals surface area contributed by atoms with Gasteiger partial charge in [-0.15, -0.1) is 0 Å². The monoisotopic (exact) mass is 759 g/mol. The molecule has 1 saturated heterocycles. The molecule has 7 heteroatoms. The average Bonchev–Trinajstić information content (AvgIpc) is 3.50. The minimum Gasteiger partial charge on any atom is -0.463 e. The molecule has 0 unspecified atom stereocenters. The first-order valence-electron chi connectivity index (χ1n) is 23.1. The van der Waals surface area contributed by atoms with Crippen molar-refractivity contribution in [3.63, 3.8) is 0 Å². The van der Waals surface area contributed by atoms with Crippen LogP contribution in [-0.4, -0.2) is 64.7 Å². The van der Waals surface area contributed by atoms with Gasteiger partial charge in [0.25, 0.3) is 0 Å².